The molecule has 0 atom stereocenters. The second kappa shape index (κ2) is 9.91. The Kier molecular flexibility index (Phi) is 7.59. The number of anilines is 1. The summed E-state index contributed by atoms with van der Waals surface area (Å²) in [4.78, 5) is 30.4. The van der Waals surface area contributed by atoms with Crippen molar-refractivity contribution in [1.82, 2.24) is 4.98 Å². The summed E-state index contributed by atoms with van der Waals surface area (Å²) in [6.07, 6.45) is 1.15. The summed E-state index contributed by atoms with van der Waals surface area (Å²) >= 11 is 0. The van der Waals surface area contributed by atoms with Crippen LogP contribution in [0.3, 0.4) is 0 Å². The lowest BCUT2D eigenvalue weighted by atomic mass is 10.1. The standard InChI is InChI=1S/C22H28N2O5/c1-6-28-20(25)14-17-11-12-23-19(13-17)24(21(26)29-22(2,3)4)15-16-7-9-18(27-5)10-8-16/h7-13H,6,14-15H2,1-5H3. The van der Waals surface area contributed by atoms with Crippen LogP contribution >= 0.6 is 0 Å². The van der Waals surface area contributed by atoms with Gasteiger partial charge in [0.1, 0.15) is 17.2 Å². The number of rotatable bonds is 7. The Hall–Kier alpha value is -3.09. The summed E-state index contributed by atoms with van der Waals surface area (Å²) in [5.74, 6) is 0.799. The molecular weight excluding hydrogens is 372 g/mol. The molecule has 0 N–H and O–H groups in total. The Labute approximate surface area is 171 Å². The zero-order chi connectivity index (χ0) is 21.4. The molecule has 1 amide bonds. The minimum atomic E-state index is -0.655. The van der Waals surface area contributed by atoms with Gasteiger partial charge in [-0.1, -0.05) is 12.1 Å². The summed E-state index contributed by atoms with van der Waals surface area (Å²) < 4.78 is 15.7. The van der Waals surface area contributed by atoms with E-state index in [0.29, 0.717) is 18.0 Å². The van der Waals surface area contributed by atoms with Crippen LogP contribution in [0.2, 0.25) is 0 Å². The maximum atomic E-state index is 12.9. The number of hydrogen-bond donors (Lipinski definition) is 0. The Bertz CT molecular complexity index is 828. The quantitative estimate of drug-likeness (QED) is 0.650. The molecule has 2 aromatic rings. The zero-order valence-corrected chi connectivity index (χ0v) is 17.6. The second-order valence-electron chi connectivity index (χ2n) is 7.42. The van der Waals surface area contributed by atoms with Gasteiger partial charge in [0, 0.05) is 6.20 Å². The lowest BCUT2D eigenvalue weighted by Crippen LogP contribution is -2.37. The van der Waals surface area contributed by atoms with E-state index in [2.05, 4.69) is 4.98 Å². The molecule has 0 radical (unpaired) electrons. The van der Waals surface area contributed by atoms with Gasteiger partial charge in [-0.25, -0.2) is 9.78 Å². The Morgan fingerprint density at radius 1 is 1.07 bits per heavy atom. The van der Waals surface area contributed by atoms with Gasteiger partial charge in [0.15, 0.2) is 0 Å². The molecule has 0 fully saturated rings. The molecule has 2 rings (SSSR count). The number of esters is 1. The fourth-order valence-corrected chi connectivity index (χ4v) is 2.57. The number of ether oxygens (including phenoxy) is 3. The average molecular weight is 400 g/mol. The van der Waals surface area contributed by atoms with Crippen LogP contribution in [0.4, 0.5) is 10.6 Å². The predicted molar refractivity (Wildman–Crippen MR) is 110 cm³/mol. The second-order valence-corrected chi connectivity index (χ2v) is 7.42. The topological polar surface area (TPSA) is 78.0 Å². The van der Waals surface area contributed by atoms with E-state index in [4.69, 9.17) is 14.2 Å². The van der Waals surface area contributed by atoms with Crippen molar-refractivity contribution in [2.45, 2.75) is 46.3 Å². The Morgan fingerprint density at radius 3 is 2.34 bits per heavy atom. The van der Waals surface area contributed by atoms with E-state index in [0.717, 1.165) is 11.3 Å². The molecule has 1 aromatic heterocycles. The first-order valence-corrected chi connectivity index (χ1v) is 9.46. The van der Waals surface area contributed by atoms with Crippen molar-refractivity contribution in [2.24, 2.45) is 0 Å². The number of carbonyl (C=O) groups is 2. The van der Waals surface area contributed by atoms with Gasteiger partial charge in [-0.05, 0) is 63.1 Å². The van der Waals surface area contributed by atoms with Gasteiger partial charge in [-0.2, -0.15) is 0 Å². The average Bonchev–Trinajstić information content (AvgIpc) is 2.65. The van der Waals surface area contributed by atoms with E-state index in [9.17, 15) is 9.59 Å². The van der Waals surface area contributed by atoms with Gasteiger partial charge in [-0.3, -0.25) is 9.69 Å². The highest BCUT2D eigenvalue weighted by Crippen LogP contribution is 2.21. The zero-order valence-electron chi connectivity index (χ0n) is 17.6. The minimum absolute atomic E-state index is 0.105. The van der Waals surface area contributed by atoms with E-state index >= 15 is 0 Å². The van der Waals surface area contributed by atoms with Gasteiger partial charge in [0.05, 0.1) is 26.7 Å². The van der Waals surface area contributed by atoms with Gasteiger partial charge in [0.2, 0.25) is 0 Å². The molecule has 0 aliphatic carbocycles. The number of hydrogen-bond acceptors (Lipinski definition) is 6. The SMILES string of the molecule is CCOC(=O)Cc1ccnc(N(Cc2ccc(OC)cc2)C(=O)OC(C)(C)C)c1. The third-order valence-corrected chi connectivity index (χ3v) is 3.85. The van der Waals surface area contributed by atoms with Gasteiger partial charge < -0.3 is 14.2 Å². The first-order chi connectivity index (χ1) is 13.7. The highest BCUT2D eigenvalue weighted by Gasteiger charge is 2.25. The van der Waals surface area contributed by atoms with Crippen molar-refractivity contribution in [3.63, 3.8) is 0 Å². The normalized spacial score (nSPS) is 10.9. The van der Waals surface area contributed by atoms with Crippen molar-refractivity contribution in [3.05, 3.63) is 53.7 Å². The fourth-order valence-electron chi connectivity index (χ4n) is 2.57. The number of amides is 1. The third kappa shape index (κ3) is 7.10. The number of methoxy groups -OCH3 is 1. The molecule has 156 valence electrons. The summed E-state index contributed by atoms with van der Waals surface area (Å²) in [5, 5.41) is 0. The molecule has 0 aliphatic rings. The number of aromatic nitrogens is 1. The molecule has 1 heterocycles. The molecular formula is C22H28N2O5. The molecule has 0 bridgehead atoms. The number of carbonyl (C=O) groups excluding carboxylic acids is 2. The molecule has 7 nitrogen and oxygen atoms in total. The Balaban J connectivity index is 2.30. The summed E-state index contributed by atoms with van der Waals surface area (Å²) in [6.45, 7) is 7.76. The molecule has 0 aliphatic heterocycles. The van der Waals surface area contributed by atoms with Gasteiger partial charge in [-0.15, -0.1) is 0 Å². The highest BCUT2D eigenvalue weighted by atomic mass is 16.6. The van der Waals surface area contributed by atoms with Crippen LogP contribution in [0.15, 0.2) is 42.6 Å². The molecule has 0 saturated heterocycles. The molecule has 1 aromatic carbocycles. The number of pyridine rings is 1. The van der Waals surface area contributed by atoms with Crippen LogP contribution in [-0.2, 0) is 27.2 Å². The monoisotopic (exact) mass is 400 g/mol. The maximum absolute atomic E-state index is 12.9. The van der Waals surface area contributed by atoms with Crippen molar-refractivity contribution in [2.75, 3.05) is 18.6 Å². The van der Waals surface area contributed by atoms with Crippen molar-refractivity contribution in [3.8, 4) is 5.75 Å². The molecule has 0 unspecified atom stereocenters. The van der Waals surface area contributed by atoms with E-state index < -0.39 is 11.7 Å². The van der Waals surface area contributed by atoms with Crippen LogP contribution in [0, 0.1) is 0 Å². The summed E-state index contributed by atoms with van der Waals surface area (Å²) in [5.41, 5.74) is 0.934. The highest BCUT2D eigenvalue weighted by molar-refractivity contribution is 5.87. The molecule has 7 heteroatoms. The van der Waals surface area contributed by atoms with Crippen molar-refractivity contribution < 1.29 is 23.8 Å². The molecule has 29 heavy (non-hydrogen) atoms. The first-order valence-electron chi connectivity index (χ1n) is 9.46. The maximum Gasteiger partial charge on any atom is 0.416 e. The third-order valence-electron chi connectivity index (χ3n) is 3.85. The van der Waals surface area contributed by atoms with Crippen molar-refractivity contribution in [1.29, 1.82) is 0 Å². The van der Waals surface area contributed by atoms with Crippen LogP contribution in [0.1, 0.15) is 38.8 Å². The Morgan fingerprint density at radius 2 is 1.76 bits per heavy atom. The van der Waals surface area contributed by atoms with Crippen LogP contribution in [0.5, 0.6) is 5.75 Å². The molecule has 0 saturated carbocycles. The lowest BCUT2D eigenvalue weighted by molar-refractivity contribution is -0.142. The van der Waals surface area contributed by atoms with E-state index in [1.807, 2.05) is 24.3 Å². The first kappa shape index (κ1) is 22.2. The lowest BCUT2D eigenvalue weighted by Gasteiger charge is -2.27. The largest absolute Gasteiger partial charge is 0.497 e. The van der Waals surface area contributed by atoms with Gasteiger partial charge >= 0.3 is 12.1 Å². The van der Waals surface area contributed by atoms with Crippen molar-refractivity contribution >= 4 is 17.9 Å². The fraction of sp³-hybridized carbons (Fsp3) is 0.409. The number of benzene rings is 1. The van der Waals surface area contributed by atoms with Crippen LogP contribution in [-0.4, -0.2) is 36.4 Å². The molecule has 0 spiro atoms. The van der Waals surface area contributed by atoms with Crippen LogP contribution < -0.4 is 9.64 Å². The summed E-state index contributed by atoms with van der Waals surface area (Å²) in [7, 11) is 1.60. The van der Waals surface area contributed by atoms with Crippen LogP contribution in [0.25, 0.3) is 0 Å². The van der Waals surface area contributed by atoms with Gasteiger partial charge in [0.25, 0.3) is 0 Å². The number of nitrogens with zero attached hydrogens (tertiary/aromatic N) is 2. The van der Waals surface area contributed by atoms with E-state index in [1.54, 1.807) is 53.1 Å². The predicted octanol–water partition coefficient (Wildman–Crippen LogP) is 4.14. The minimum Gasteiger partial charge on any atom is -0.497 e. The van der Waals surface area contributed by atoms with E-state index in [-0.39, 0.29) is 18.9 Å². The van der Waals surface area contributed by atoms with E-state index in [1.165, 1.54) is 4.90 Å². The smallest absolute Gasteiger partial charge is 0.416 e. The summed E-state index contributed by atoms with van der Waals surface area (Å²) in [6, 6.07) is 10.8.